The van der Waals surface area contributed by atoms with Gasteiger partial charge in [-0.15, -0.1) is 5.10 Å². The summed E-state index contributed by atoms with van der Waals surface area (Å²) in [7, 11) is -1.91. The molecule has 1 aliphatic heterocycles. The largest absolute Gasteiger partial charge is 0.274 e. The summed E-state index contributed by atoms with van der Waals surface area (Å²) in [4.78, 5) is 9.53. The molecule has 4 aromatic heterocycles. The minimum absolute atomic E-state index is 0.107. The summed E-state index contributed by atoms with van der Waals surface area (Å²) >= 11 is 0. The van der Waals surface area contributed by atoms with Gasteiger partial charge in [0, 0.05) is 32.3 Å². The molecule has 0 radical (unpaired) electrons. The highest BCUT2D eigenvalue weighted by atomic mass is 32.2. The summed E-state index contributed by atoms with van der Waals surface area (Å²) in [6.07, 6.45) is 7.82. The lowest BCUT2D eigenvalue weighted by molar-refractivity contribution is 0.309. The molecule has 0 amide bonds. The normalized spacial score (nSPS) is 17.8. The molecule has 1 atom stereocenters. The van der Waals surface area contributed by atoms with Crippen LogP contribution in [0, 0.1) is 0 Å². The van der Waals surface area contributed by atoms with Crippen LogP contribution in [0.3, 0.4) is 0 Å². The minimum atomic E-state index is -3.61. The smallest absolute Gasteiger partial charge is 0.246 e. The second-order valence-electron chi connectivity index (χ2n) is 8.16. The molecule has 1 aromatic carbocycles. The van der Waals surface area contributed by atoms with Crippen LogP contribution in [0.1, 0.15) is 24.6 Å². The average molecular weight is 464 g/mol. The van der Waals surface area contributed by atoms with E-state index in [-0.39, 0.29) is 10.8 Å². The summed E-state index contributed by atoms with van der Waals surface area (Å²) < 4.78 is 32.5. The SMILES string of the molecule is Cn1cc(S(=O)(=O)N2CCC[C@H](c3nc4c5cnn(-c6ccccc6)c5ncn4n3)C2)cn1. The van der Waals surface area contributed by atoms with Gasteiger partial charge in [-0.25, -0.2) is 27.6 Å². The van der Waals surface area contributed by atoms with Gasteiger partial charge in [-0.05, 0) is 25.0 Å². The van der Waals surface area contributed by atoms with E-state index in [1.54, 1.807) is 28.8 Å². The molecule has 0 bridgehead atoms. The third-order valence-electron chi connectivity index (χ3n) is 5.99. The Kier molecular flexibility index (Phi) is 4.52. The first-order chi connectivity index (χ1) is 16.0. The highest BCUT2D eigenvalue weighted by molar-refractivity contribution is 7.89. The van der Waals surface area contributed by atoms with Crippen molar-refractivity contribution in [1.82, 2.24) is 43.4 Å². The third kappa shape index (κ3) is 3.29. The Morgan fingerprint density at radius 2 is 1.91 bits per heavy atom. The average Bonchev–Trinajstić information content (AvgIpc) is 3.57. The standard InChI is InChI=1S/C21H21N9O2S/c1-27-13-17(10-23-27)33(31,32)28-9-5-6-15(12-28)19-25-21-18-11-24-30(16-7-3-2-4-8-16)20(18)22-14-29(21)26-19/h2-4,7-8,10-11,13-15H,5-6,9,12H2,1H3/t15-/m0/s1. The van der Waals surface area contributed by atoms with Gasteiger partial charge in [0.25, 0.3) is 0 Å². The van der Waals surface area contributed by atoms with Crippen LogP contribution in [0.5, 0.6) is 0 Å². The molecular formula is C21H21N9O2S. The molecule has 1 aliphatic rings. The van der Waals surface area contributed by atoms with E-state index in [2.05, 4.69) is 20.3 Å². The van der Waals surface area contributed by atoms with Gasteiger partial charge < -0.3 is 0 Å². The van der Waals surface area contributed by atoms with Gasteiger partial charge in [0.05, 0.1) is 23.5 Å². The van der Waals surface area contributed by atoms with Gasteiger partial charge in [-0.1, -0.05) is 18.2 Å². The number of rotatable bonds is 4. The molecule has 0 saturated carbocycles. The fraction of sp³-hybridized carbons (Fsp3) is 0.286. The number of sulfonamides is 1. The zero-order valence-electron chi connectivity index (χ0n) is 17.9. The second-order valence-corrected chi connectivity index (χ2v) is 10.1. The quantitative estimate of drug-likeness (QED) is 0.399. The molecule has 12 heteroatoms. The van der Waals surface area contributed by atoms with Gasteiger partial charge in [-0.2, -0.15) is 14.5 Å². The number of nitrogens with zero attached hydrogens (tertiary/aromatic N) is 9. The van der Waals surface area contributed by atoms with Crippen molar-refractivity contribution in [2.75, 3.05) is 13.1 Å². The zero-order chi connectivity index (χ0) is 22.6. The monoisotopic (exact) mass is 463 g/mol. The number of aryl methyl sites for hydroxylation is 1. The summed E-state index contributed by atoms with van der Waals surface area (Å²) in [5.74, 6) is 0.507. The van der Waals surface area contributed by atoms with Gasteiger partial charge >= 0.3 is 0 Å². The van der Waals surface area contributed by atoms with E-state index >= 15 is 0 Å². The van der Waals surface area contributed by atoms with Crippen LogP contribution in [-0.2, 0) is 17.1 Å². The first-order valence-electron chi connectivity index (χ1n) is 10.6. The van der Waals surface area contributed by atoms with Crippen molar-refractivity contribution in [2.24, 2.45) is 7.05 Å². The number of hydrogen-bond donors (Lipinski definition) is 0. The Morgan fingerprint density at radius 1 is 1.06 bits per heavy atom. The van der Waals surface area contributed by atoms with E-state index in [0.717, 1.165) is 23.9 Å². The lowest BCUT2D eigenvalue weighted by atomic mass is 9.99. The minimum Gasteiger partial charge on any atom is -0.274 e. The number of piperidine rings is 1. The number of aromatic nitrogens is 8. The van der Waals surface area contributed by atoms with Crippen molar-refractivity contribution >= 4 is 26.7 Å². The van der Waals surface area contributed by atoms with Crippen LogP contribution in [0.4, 0.5) is 0 Å². The van der Waals surface area contributed by atoms with Crippen molar-refractivity contribution in [3.63, 3.8) is 0 Å². The van der Waals surface area contributed by atoms with Crippen LogP contribution >= 0.6 is 0 Å². The molecule has 33 heavy (non-hydrogen) atoms. The van der Waals surface area contributed by atoms with Crippen molar-refractivity contribution in [2.45, 2.75) is 23.7 Å². The molecule has 0 N–H and O–H groups in total. The Morgan fingerprint density at radius 3 is 2.70 bits per heavy atom. The van der Waals surface area contributed by atoms with E-state index in [0.29, 0.717) is 30.2 Å². The maximum Gasteiger partial charge on any atom is 0.246 e. The Hall–Kier alpha value is -3.64. The topological polar surface area (TPSA) is 116 Å². The van der Waals surface area contributed by atoms with Crippen LogP contribution in [0.15, 0.2) is 60.1 Å². The molecular weight excluding hydrogens is 442 g/mol. The van der Waals surface area contributed by atoms with Crippen LogP contribution in [-0.4, -0.2) is 65.0 Å². The summed E-state index contributed by atoms with van der Waals surface area (Å²) in [5.41, 5.74) is 2.26. The number of benzene rings is 1. The Balaban J connectivity index is 1.35. The summed E-state index contributed by atoms with van der Waals surface area (Å²) in [6.45, 7) is 0.796. The predicted molar refractivity (Wildman–Crippen MR) is 119 cm³/mol. The zero-order valence-corrected chi connectivity index (χ0v) is 18.7. The van der Waals surface area contributed by atoms with Crippen molar-refractivity contribution in [3.8, 4) is 5.69 Å². The van der Waals surface area contributed by atoms with Gasteiger partial charge in [0.1, 0.15) is 11.2 Å². The molecule has 0 spiro atoms. The summed E-state index contributed by atoms with van der Waals surface area (Å²) in [6, 6.07) is 9.78. The fourth-order valence-corrected chi connectivity index (χ4v) is 5.83. The summed E-state index contributed by atoms with van der Waals surface area (Å²) in [5, 5.41) is 13.9. The van der Waals surface area contributed by atoms with Crippen LogP contribution < -0.4 is 0 Å². The van der Waals surface area contributed by atoms with E-state index < -0.39 is 10.0 Å². The van der Waals surface area contributed by atoms with Crippen LogP contribution in [0.25, 0.3) is 22.4 Å². The molecule has 1 saturated heterocycles. The highest BCUT2D eigenvalue weighted by Crippen LogP contribution is 2.30. The number of para-hydroxylation sites is 1. The number of hydrogen-bond acceptors (Lipinski definition) is 7. The molecule has 1 fully saturated rings. The first-order valence-corrected chi connectivity index (χ1v) is 12.1. The lowest BCUT2D eigenvalue weighted by Gasteiger charge is -2.30. The molecule has 5 aromatic rings. The number of fused-ring (bicyclic) bond motifs is 3. The lowest BCUT2D eigenvalue weighted by Crippen LogP contribution is -2.39. The van der Waals surface area contributed by atoms with E-state index in [4.69, 9.17) is 4.98 Å². The molecule has 5 heterocycles. The van der Waals surface area contributed by atoms with E-state index in [1.807, 2.05) is 30.3 Å². The molecule has 11 nitrogen and oxygen atoms in total. The predicted octanol–water partition coefficient (Wildman–Crippen LogP) is 1.76. The van der Waals surface area contributed by atoms with Gasteiger partial charge in [-0.3, -0.25) is 4.68 Å². The van der Waals surface area contributed by atoms with Crippen molar-refractivity contribution in [3.05, 3.63) is 61.1 Å². The van der Waals surface area contributed by atoms with Gasteiger partial charge in [0.15, 0.2) is 17.1 Å². The highest BCUT2D eigenvalue weighted by Gasteiger charge is 2.33. The molecule has 0 unspecified atom stereocenters. The first kappa shape index (κ1) is 20.0. The van der Waals surface area contributed by atoms with Crippen LogP contribution in [0.2, 0.25) is 0 Å². The molecule has 6 rings (SSSR count). The molecule has 168 valence electrons. The molecule has 0 aliphatic carbocycles. The van der Waals surface area contributed by atoms with Crippen molar-refractivity contribution < 1.29 is 8.42 Å². The Labute approximate surface area is 189 Å². The second kappa shape index (κ2) is 7.46. The van der Waals surface area contributed by atoms with Crippen molar-refractivity contribution in [1.29, 1.82) is 0 Å². The Bertz CT molecular complexity index is 1570. The van der Waals surface area contributed by atoms with Gasteiger partial charge in [0.2, 0.25) is 10.0 Å². The van der Waals surface area contributed by atoms with E-state index in [9.17, 15) is 8.42 Å². The maximum atomic E-state index is 13.1. The fourth-order valence-electron chi connectivity index (χ4n) is 4.32. The maximum absolute atomic E-state index is 13.1. The third-order valence-corrected chi connectivity index (χ3v) is 7.81. The van der Waals surface area contributed by atoms with E-state index in [1.165, 1.54) is 21.4 Å².